The van der Waals surface area contributed by atoms with Gasteiger partial charge in [-0.2, -0.15) is 0 Å². The molecule has 2 rings (SSSR count). The highest BCUT2D eigenvalue weighted by atomic mass is 16.5. The van der Waals surface area contributed by atoms with Crippen molar-refractivity contribution in [1.82, 2.24) is 5.32 Å². The number of ether oxygens (including phenoxy) is 1. The summed E-state index contributed by atoms with van der Waals surface area (Å²) in [5, 5.41) is 2.61. The Morgan fingerprint density at radius 1 is 0.957 bits per heavy atom. The van der Waals surface area contributed by atoms with Crippen LogP contribution in [0.2, 0.25) is 0 Å². The second-order valence-electron chi connectivity index (χ2n) is 5.11. The minimum absolute atomic E-state index is 0.169. The van der Waals surface area contributed by atoms with Gasteiger partial charge in [-0.05, 0) is 11.1 Å². The van der Waals surface area contributed by atoms with Gasteiger partial charge >= 0.3 is 5.97 Å². The Morgan fingerprint density at radius 3 is 2.09 bits per heavy atom. The first-order valence-corrected chi connectivity index (χ1v) is 7.43. The molecule has 3 N–H and O–H groups in total. The third-order valence-electron chi connectivity index (χ3n) is 3.31. The molecule has 0 spiro atoms. The van der Waals surface area contributed by atoms with Crippen molar-refractivity contribution in [2.75, 3.05) is 6.54 Å². The van der Waals surface area contributed by atoms with E-state index >= 15 is 0 Å². The minimum atomic E-state index is -0.753. The molecule has 0 aliphatic carbocycles. The Bertz CT molecular complexity index is 629. The highest BCUT2D eigenvalue weighted by Gasteiger charge is 2.22. The molecular formula is C18H20N2O3. The van der Waals surface area contributed by atoms with Gasteiger partial charge in [0.25, 0.3) is 0 Å². The van der Waals surface area contributed by atoms with Crippen molar-refractivity contribution in [3.05, 3.63) is 71.8 Å². The van der Waals surface area contributed by atoms with Crippen LogP contribution in [0.15, 0.2) is 60.7 Å². The number of esters is 1. The maximum Gasteiger partial charge on any atom is 0.329 e. The summed E-state index contributed by atoms with van der Waals surface area (Å²) in [5.41, 5.74) is 7.14. The van der Waals surface area contributed by atoms with Crippen LogP contribution in [0.4, 0.5) is 0 Å². The Morgan fingerprint density at radius 2 is 1.52 bits per heavy atom. The lowest BCUT2D eigenvalue weighted by atomic mass is 10.1. The quantitative estimate of drug-likeness (QED) is 0.758. The normalized spacial score (nSPS) is 11.5. The van der Waals surface area contributed by atoms with E-state index in [9.17, 15) is 9.59 Å². The first kappa shape index (κ1) is 16.7. The monoisotopic (exact) mass is 312 g/mol. The standard InChI is InChI=1S/C18H20N2O3/c19-12-17(21)20-16(11-14-7-3-1-4-8-14)18(22)23-13-15-9-5-2-6-10-15/h1-10,16H,11-13,19H2,(H,20,21)/t16-/m0/s1. The van der Waals surface area contributed by atoms with Gasteiger partial charge in [0.1, 0.15) is 12.6 Å². The summed E-state index contributed by atoms with van der Waals surface area (Å²) in [6.45, 7) is 0.000708. The van der Waals surface area contributed by atoms with Crippen LogP contribution in [0.5, 0.6) is 0 Å². The van der Waals surface area contributed by atoms with Gasteiger partial charge in [0.05, 0.1) is 6.54 Å². The van der Waals surface area contributed by atoms with Crippen molar-refractivity contribution in [3.8, 4) is 0 Å². The number of hydrogen-bond donors (Lipinski definition) is 2. The zero-order chi connectivity index (χ0) is 16.5. The van der Waals surface area contributed by atoms with E-state index in [4.69, 9.17) is 10.5 Å². The van der Waals surface area contributed by atoms with E-state index in [1.807, 2.05) is 60.7 Å². The van der Waals surface area contributed by atoms with Crippen LogP contribution in [0.25, 0.3) is 0 Å². The van der Waals surface area contributed by atoms with Gasteiger partial charge in [-0.3, -0.25) is 4.79 Å². The summed E-state index contributed by atoms with van der Waals surface area (Å²) in [5.74, 6) is -0.859. The third kappa shape index (κ3) is 5.56. The number of carbonyl (C=O) groups excluding carboxylic acids is 2. The molecule has 0 fully saturated rings. The number of nitrogens with one attached hydrogen (secondary N) is 1. The number of hydrogen-bond acceptors (Lipinski definition) is 4. The van der Waals surface area contributed by atoms with Gasteiger partial charge in [0.15, 0.2) is 0 Å². The summed E-state index contributed by atoms with van der Waals surface area (Å²) in [4.78, 5) is 23.8. The second-order valence-corrected chi connectivity index (χ2v) is 5.11. The number of nitrogens with two attached hydrogens (primary N) is 1. The van der Waals surface area contributed by atoms with Crippen LogP contribution in [0.3, 0.4) is 0 Å². The van der Waals surface area contributed by atoms with Crippen molar-refractivity contribution < 1.29 is 14.3 Å². The molecule has 0 aliphatic rings. The highest BCUT2D eigenvalue weighted by molar-refractivity contribution is 5.85. The largest absolute Gasteiger partial charge is 0.459 e. The molecule has 0 unspecified atom stereocenters. The maximum atomic E-state index is 12.3. The summed E-state index contributed by atoms with van der Waals surface area (Å²) in [7, 11) is 0. The van der Waals surface area contributed by atoms with Gasteiger partial charge < -0.3 is 15.8 Å². The Kier molecular flexibility index (Phi) is 6.32. The second kappa shape index (κ2) is 8.70. The predicted molar refractivity (Wildman–Crippen MR) is 87.4 cm³/mol. The lowest BCUT2D eigenvalue weighted by Gasteiger charge is -2.17. The van der Waals surface area contributed by atoms with Gasteiger partial charge in [0, 0.05) is 6.42 Å². The number of carbonyl (C=O) groups is 2. The van der Waals surface area contributed by atoms with E-state index < -0.39 is 12.0 Å². The summed E-state index contributed by atoms with van der Waals surface area (Å²) < 4.78 is 5.31. The smallest absolute Gasteiger partial charge is 0.329 e. The molecule has 0 bridgehead atoms. The van der Waals surface area contributed by atoms with E-state index in [1.165, 1.54) is 0 Å². The molecule has 2 aromatic rings. The average Bonchev–Trinajstić information content (AvgIpc) is 2.60. The zero-order valence-corrected chi connectivity index (χ0v) is 12.8. The van der Waals surface area contributed by atoms with Crippen LogP contribution < -0.4 is 11.1 Å². The molecule has 120 valence electrons. The van der Waals surface area contributed by atoms with Crippen molar-refractivity contribution in [1.29, 1.82) is 0 Å². The lowest BCUT2D eigenvalue weighted by molar-refractivity contribution is -0.149. The van der Waals surface area contributed by atoms with Crippen LogP contribution in [0, 0.1) is 0 Å². The fraction of sp³-hybridized carbons (Fsp3) is 0.222. The third-order valence-corrected chi connectivity index (χ3v) is 3.31. The van der Waals surface area contributed by atoms with E-state index in [0.717, 1.165) is 11.1 Å². The Balaban J connectivity index is 2.00. The summed E-state index contributed by atoms with van der Waals surface area (Å²) in [6, 6.07) is 18.1. The Labute approximate surface area is 135 Å². The molecule has 1 atom stereocenters. The average molecular weight is 312 g/mol. The van der Waals surface area contributed by atoms with Crippen molar-refractivity contribution in [2.24, 2.45) is 5.73 Å². The van der Waals surface area contributed by atoms with Crippen LogP contribution in [-0.2, 0) is 27.4 Å². The molecule has 0 aliphatic heterocycles. The predicted octanol–water partition coefficient (Wildman–Crippen LogP) is 1.42. The molecule has 23 heavy (non-hydrogen) atoms. The molecule has 1 amide bonds. The number of rotatable bonds is 7. The number of amides is 1. The number of benzene rings is 2. The van der Waals surface area contributed by atoms with E-state index in [1.54, 1.807) is 0 Å². The molecule has 0 saturated carbocycles. The fourth-order valence-electron chi connectivity index (χ4n) is 2.13. The first-order valence-electron chi connectivity index (χ1n) is 7.43. The molecule has 0 saturated heterocycles. The molecule has 0 heterocycles. The van der Waals surface area contributed by atoms with Crippen molar-refractivity contribution >= 4 is 11.9 Å². The highest BCUT2D eigenvalue weighted by Crippen LogP contribution is 2.07. The zero-order valence-electron chi connectivity index (χ0n) is 12.8. The van der Waals surface area contributed by atoms with Crippen molar-refractivity contribution in [3.63, 3.8) is 0 Å². The van der Waals surface area contributed by atoms with Gasteiger partial charge in [-0.15, -0.1) is 0 Å². The van der Waals surface area contributed by atoms with Gasteiger partial charge in [-0.1, -0.05) is 60.7 Å². The summed E-state index contributed by atoms with van der Waals surface area (Å²) in [6.07, 6.45) is 0.361. The lowest BCUT2D eigenvalue weighted by Crippen LogP contribution is -2.45. The molecular weight excluding hydrogens is 292 g/mol. The van der Waals surface area contributed by atoms with Gasteiger partial charge in [0.2, 0.25) is 5.91 Å². The first-order chi connectivity index (χ1) is 11.2. The minimum Gasteiger partial charge on any atom is -0.459 e. The van der Waals surface area contributed by atoms with Crippen molar-refractivity contribution in [2.45, 2.75) is 19.1 Å². The molecule has 5 nitrogen and oxygen atoms in total. The van der Waals surface area contributed by atoms with Crippen LogP contribution in [-0.4, -0.2) is 24.5 Å². The van der Waals surface area contributed by atoms with E-state index in [2.05, 4.69) is 5.32 Å². The van der Waals surface area contributed by atoms with Crippen LogP contribution >= 0.6 is 0 Å². The molecule has 0 aromatic heterocycles. The summed E-state index contributed by atoms with van der Waals surface area (Å²) >= 11 is 0. The molecule has 2 aromatic carbocycles. The fourth-order valence-corrected chi connectivity index (χ4v) is 2.13. The topological polar surface area (TPSA) is 81.4 Å². The molecule has 5 heteroatoms. The Hall–Kier alpha value is -2.66. The van der Waals surface area contributed by atoms with E-state index in [-0.39, 0.29) is 19.1 Å². The molecule has 0 radical (unpaired) electrons. The van der Waals surface area contributed by atoms with Crippen LogP contribution in [0.1, 0.15) is 11.1 Å². The SMILES string of the molecule is NCC(=O)N[C@@H](Cc1ccccc1)C(=O)OCc1ccccc1. The van der Waals surface area contributed by atoms with E-state index in [0.29, 0.717) is 6.42 Å². The van der Waals surface area contributed by atoms with Gasteiger partial charge in [-0.25, -0.2) is 4.79 Å². The maximum absolute atomic E-state index is 12.3.